The van der Waals surface area contributed by atoms with Gasteiger partial charge in [-0.2, -0.15) is 0 Å². The van der Waals surface area contributed by atoms with Crippen molar-refractivity contribution in [2.75, 3.05) is 0 Å². The number of hydrogen-bond acceptors (Lipinski definition) is 8. The van der Waals surface area contributed by atoms with Crippen LogP contribution < -0.4 is 90.7 Å². The Morgan fingerprint density at radius 3 is 1.81 bits per heavy atom. The van der Waals surface area contributed by atoms with E-state index in [1.807, 2.05) is 6.92 Å². The van der Waals surface area contributed by atoms with Gasteiger partial charge in [0.25, 0.3) is 5.56 Å². The minimum absolute atomic E-state index is 0. The second-order valence-corrected chi connectivity index (χ2v) is 8.02. The maximum atomic E-state index is 11.4. The fraction of sp³-hybridized carbons (Fsp3) is 0.100. The molecule has 0 saturated carbocycles. The Kier molecular flexibility index (Phi) is 19.5. The van der Waals surface area contributed by atoms with Gasteiger partial charge in [-0.05, 0) is 31.2 Å². The van der Waals surface area contributed by atoms with E-state index in [0.29, 0.717) is 5.02 Å². The van der Waals surface area contributed by atoms with Crippen LogP contribution in [0.1, 0.15) is 5.69 Å². The van der Waals surface area contributed by atoms with E-state index in [4.69, 9.17) is 40.6 Å². The van der Waals surface area contributed by atoms with E-state index >= 15 is 0 Å². The van der Waals surface area contributed by atoms with Gasteiger partial charge >= 0.3 is 110 Å². The molecule has 0 radical (unpaired) electrons. The maximum absolute atomic E-state index is 11.4. The van der Waals surface area contributed by atoms with Gasteiger partial charge in [0.05, 0.1) is 15.8 Å². The molecule has 1 heterocycles. The first kappa shape index (κ1) is 32.9. The number of H-pyrrole nitrogens is 1. The van der Waals surface area contributed by atoms with Crippen molar-refractivity contribution in [3.05, 3.63) is 51.4 Å². The molecule has 0 aliphatic heterocycles. The van der Waals surface area contributed by atoms with Crippen LogP contribution in [0.3, 0.4) is 0 Å². The zero-order valence-corrected chi connectivity index (χ0v) is 22.8. The topological polar surface area (TPSA) is 189 Å². The van der Waals surface area contributed by atoms with Gasteiger partial charge in [-0.1, -0.05) is 11.6 Å². The van der Waals surface area contributed by atoms with Gasteiger partial charge in [0.15, 0.2) is 0 Å². The predicted molar refractivity (Wildman–Crippen MR) is 77.9 cm³/mol. The molecule has 2 rings (SSSR count). The molecule has 2 N–H and O–H groups in total. The molecule has 27 heavy (non-hydrogen) atoms. The van der Waals surface area contributed by atoms with Crippen molar-refractivity contribution in [2.45, 2.75) is 6.92 Å². The SMILES string of the molecule is Cc1cc(=O)n(-c2ccc(Cl)cc2)[nH]1.O=S([O-])S(=O)O.[K+].[Na+].[O]=[Mn](=[O])(=[O])[O-]. The van der Waals surface area contributed by atoms with Crippen molar-refractivity contribution in [3.63, 3.8) is 0 Å². The molecule has 0 aliphatic rings. The Morgan fingerprint density at radius 1 is 1.19 bits per heavy atom. The molecule has 2 atom stereocenters. The van der Waals surface area contributed by atoms with Gasteiger partial charge in [-0.15, -0.1) is 0 Å². The average molecular weight is 519 g/mol. The number of aromatic nitrogens is 2. The molecule has 142 valence electrons. The molecule has 2 aromatic rings. The number of nitrogens with zero attached hydrogens (tertiary/aromatic N) is 1. The first-order chi connectivity index (χ1) is 11.3. The number of hydrogen-bond donors (Lipinski definition) is 2. The molecule has 0 spiro atoms. The van der Waals surface area contributed by atoms with E-state index in [0.717, 1.165) is 11.4 Å². The molecule has 0 saturated heterocycles. The van der Waals surface area contributed by atoms with E-state index in [2.05, 4.69) is 5.10 Å². The van der Waals surface area contributed by atoms with Crippen LogP contribution in [0.2, 0.25) is 5.02 Å². The van der Waals surface area contributed by atoms with Gasteiger partial charge in [0.2, 0.25) is 10.1 Å². The van der Waals surface area contributed by atoms with Gasteiger partial charge in [0.1, 0.15) is 0 Å². The number of rotatable bonds is 2. The summed E-state index contributed by atoms with van der Waals surface area (Å²) in [5.74, 6) is 0. The van der Waals surface area contributed by atoms with Crippen LogP contribution in [0.5, 0.6) is 0 Å². The molecular formula is C10H10ClKMnN2NaO9S2. The molecule has 2 unspecified atom stereocenters. The summed E-state index contributed by atoms with van der Waals surface area (Å²) >= 11 is 0.122. The summed E-state index contributed by atoms with van der Waals surface area (Å²) in [7, 11) is -5.54. The van der Waals surface area contributed by atoms with Crippen molar-refractivity contribution < 1.29 is 127 Å². The summed E-state index contributed by atoms with van der Waals surface area (Å²) in [6, 6.07) is 8.63. The van der Waals surface area contributed by atoms with E-state index < -0.39 is 33.2 Å². The summed E-state index contributed by atoms with van der Waals surface area (Å²) in [6.45, 7) is 1.84. The van der Waals surface area contributed by atoms with Gasteiger partial charge in [-0.25, -0.2) is 8.89 Å². The number of aryl methyl sites for hydroxylation is 1. The summed E-state index contributed by atoms with van der Waals surface area (Å²) in [5, 5.41) is 3.60. The minimum atomic E-state index is -5.62. The zero-order chi connectivity index (χ0) is 19.8. The third-order valence-corrected chi connectivity index (χ3v) is 3.23. The fourth-order valence-electron chi connectivity index (χ4n) is 1.30. The monoisotopic (exact) mass is 518 g/mol. The van der Waals surface area contributed by atoms with Crippen LogP contribution in [0, 0.1) is 6.92 Å². The molecule has 0 aliphatic carbocycles. The standard InChI is InChI=1S/C10H9ClN2O.K.Mn.Na.H2O4S2.4O/c1-7-6-10(14)13(12-7)9-4-2-8(11)3-5-9;;;;1-5(2)6(3)4;;;;/h2-6,12H,1H3;;;;(H,1,2)(H,3,4);;;;/q;+1;;+1;;;;;-1/p-1. The molecule has 0 bridgehead atoms. The molecule has 0 amide bonds. The summed E-state index contributed by atoms with van der Waals surface area (Å²) in [5.41, 5.74) is 1.56. The molecular weight excluding hydrogens is 509 g/mol. The third-order valence-electron chi connectivity index (χ3n) is 2.05. The third kappa shape index (κ3) is 17.8. The Morgan fingerprint density at radius 2 is 1.56 bits per heavy atom. The number of aromatic amines is 1. The second-order valence-electron chi connectivity index (χ2n) is 3.89. The first-order valence-electron chi connectivity index (χ1n) is 5.68. The Labute approximate surface area is 229 Å². The van der Waals surface area contributed by atoms with E-state index in [-0.39, 0.29) is 86.5 Å². The average Bonchev–Trinajstić information content (AvgIpc) is 2.77. The van der Waals surface area contributed by atoms with E-state index in [1.54, 1.807) is 30.3 Å². The molecule has 17 heteroatoms. The zero-order valence-electron chi connectivity index (χ0n) is 14.1. The van der Waals surface area contributed by atoms with E-state index in [1.165, 1.54) is 4.68 Å². The number of halogens is 1. The summed E-state index contributed by atoms with van der Waals surface area (Å²) < 4.78 is 70.8. The number of nitrogens with one attached hydrogen (secondary N) is 1. The van der Waals surface area contributed by atoms with Crippen molar-refractivity contribution in [2.24, 2.45) is 0 Å². The van der Waals surface area contributed by atoms with Crippen molar-refractivity contribution in [1.29, 1.82) is 0 Å². The fourth-order valence-corrected chi connectivity index (χ4v) is 1.42. The normalized spacial score (nSPS) is 11.9. The van der Waals surface area contributed by atoms with Gasteiger partial charge < -0.3 is 4.55 Å². The molecule has 0 fully saturated rings. The van der Waals surface area contributed by atoms with Crippen molar-refractivity contribution in [3.8, 4) is 5.69 Å². The van der Waals surface area contributed by atoms with Crippen LogP contribution >= 0.6 is 11.6 Å². The van der Waals surface area contributed by atoms with Gasteiger partial charge in [0, 0.05) is 16.8 Å². The Balaban J connectivity index is -0.000000378. The predicted octanol–water partition coefficient (Wildman–Crippen LogP) is -6.41. The van der Waals surface area contributed by atoms with Gasteiger partial charge in [-0.3, -0.25) is 18.7 Å². The molecule has 1 aromatic heterocycles. The van der Waals surface area contributed by atoms with Crippen molar-refractivity contribution >= 4 is 31.8 Å². The second kappa shape index (κ2) is 16.0. The van der Waals surface area contributed by atoms with Crippen LogP contribution in [0.25, 0.3) is 5.69 Å². The molecule has 11 nitrogen and oxygen atoms in total. The van der Waals surface area contributed by atoms with E-state index in [9.17, 15) is 9.00 Å². The van der Waals surface area contributed by atoms with Crippen LogP contribution in [0.4, 0.5) is 0 Å². The quantitative estimate of drug-likeness (QED) is 0.221. The van der Waals surface area contributed by atoms with Crippen molar-refractivity contribution in [1.82, 2.24) is 9.78 Å². The summed E-state index contributed by atoms with van der Waals surface area (Å²) in [6.07, 6.45) is 0. The number of benzene rings is 1. The Bertz CT molecular complexity index is 948. The first-order valence-corrected chi connectivity index (χ1v) is 10.7. The molecule has 1 aromatic carbocycles. The van der Waals surface area contributed by atoms with Crippen LogP contribution in [-0.4, -0.2) is 27.3 Å². The van der Waals surface area contributed by atoms with Crippen LogP contribution in [0.15, 0.2) is 35.1 Å². The van der Waals surface area contributed by atoms with Crippen LogP contribution in [-0.2, 0) is 44.7 Å². The Hall–Kier alpha value is 1.26. The summed E-state index contributed by atoms with van der Waals surface area (Å²) in [4.78, 5) is 11.4.